The van der Waals surface area contributed by atoms with Gasteiger partial charge in [-0.25, -0.2) is 0 Å². The van der Waals surface area contributed by atoms with Crippen molar-refractivity contribution in [3.63, 3.8) is 0 Å². The van der Waals surface area contributed by atoms with E-state index in [1.165, 1.54) is 15.6 Å². The van der Waals surface area contributed by atoms with Crippen LogP contribution in [0.4, 0.5) is 0 Å². The van der Waals surface area contributed by atoms with Gasteiger partial charge in [-0.1, -0.05) is 28.1 Å². The second-order valence-electron chi connectivity index (χ2n) is 4.02. The molecule has 2 bridgehead atoms. The van der Waals surface area contributed by atoms with Crippen LogP contribution in [0.3, 0.4) is 0 Å². The lowest BCUT2D eigenvalue weighted by atomic mass is 9.92. The van der Waals surface area contributed by atoms with Crippen LogP contribution < -0.4 is 0 Å². The number of hydrogen-bond acceptors (Lipinski definition) is 1. The quantitative estimate of drug-likeness (QED) is 0.738. The number of benzene rings is 1. The van der Waals surface area contributed by atoms with E-state index in [1.807, 2.05) is 0 Å². The van der Waals surface area contributed by atoms with Gasteiger partial charge in [-0.3, -0.25) is 0 Å². The lowest BCUT2D eigenvalue weighted by molar-refractivity contribution is 0.159. The molecule has 1 nitrogen and oxygen atoms in total. The molecule has 0 spiro atoms. The van der Waals surface area contributed by atoms with Crippen molar-refractivity contribution in [1.82, 2.24) is 0 Å². The smallest absolute Gasteiger partial charge is 0.0677 e. The third-order valence-corrected chi connectivity index (χ3v) is 4.16. The summed E-state index contributed by atoms with van der Waals surface area (Å²) in [7, 11) is 0. The second-order valence-corrected chi connectivity index (χ2v) is 4.88. The van der Waals surface area contributed by atoms with Crippen molar-refractivity contribution in [3.8, 4) is 0 Å². The van der Waals surface area contributed by atoms with Gasteiger partial charge >= 0.3 is 0 Å². The minimum absolute atomic E-state index is 0.117. The highest BCUT2D eigenvalue weighted by Gasteiger charge is 2.45. The summed E-state index contributed by atoms with van der Waals surface area (Å²) in [5.41, 5.74) is 2.74. The van der Waals surface area contributed by atoms with Gasteiger partial charge in [-0.2, -0.15) is 0 Å². The molecule has 0 aliphatic heterocycles. The summed E-state index contributed by atoms with van der Waals surface area (Å²) in [6.45, 7) is 0. The van der Waals surface area contributed by atoms with E-state index >= 15 is 0 Å². The van der Waals surface area contributed by atoms with E-state index in [1.54, 1.807) is 0 Å². The van der Waals surface area contributed by atoms with Gasteiger partial charge < -0.3 is 5.11 Å². The lowest BCUT2D eigenvalue weighted by Crippen LogP contribution is -2.08. The van der Waals surface area contributed by atoms with Crippen molar-refractivity contribution in [1.29, 1.82) is 0 Å². The summed E-state index contributed by atoms with van der Waals surface area (Å²) in [5.74, 6) is 0.813. The van der Waals surface area contributed by atoms with E-state index < -0.39 is 0 Å². The Morgan fingerprint density at radius 3 is 2.77 bits per heavy atom. The van der Waals surface area contributed by atoms with Crippen LogP contribution in [0.1, 0.15) is 35.8 Å². The molecule has 2 aliphatic rings. The Hall–Kier alpha value is -0.340. The molecule has 3 atom stereocenters. The second kappa shape index (κ2) is 2.58. The highest BCUT2D eigenvalue weighted by molar-refractivity contribution is 9.10. The van der Waals surface area contributed by atoms with Gasteiger partial charge in [-0.15, -0.1) is 0 Å². The van der Waals surface area contributed by atoms with E-state index in [9.17, 15) is 5.11 Å². The fourth-order valence-electron chi connectivity index (χ4n) is 2.90. The van der Waals surface area contributed by atoms with E-state index in [0.717, 1.165) is 12.8 Å². The molecule has 1 saturated carbocycles. The molecule has 1 aromatic rings. The normalized spacial score (nSPS) is 35.1. The van der Waals surface area contributed by atoms with Gasteiger partial charge in [-0.05, 0) is 30.0 Å². The largest absolute Gasteiger partial charge is 0.392 e. The maximum atomic E-state index is 9.95. The van der Waals surface area contributed by atoms with Crippen LogP contribution >= 0.6 is 15.9 Å². The van der Waals surface area contributed by atoms with Crippen LogP contribution in [0.2, 0.25) is 0 Å². The first kappa shape index (κ1) is 8.01. The maximum Gasteiger partial charge on any atom is 0.0677 e. The zero-order valence-corrected chi connectivity index (χ0v) is 8.79. The van der Waals surface area contributed by atoms with Crippen LogP contribution in [0.25, 0.3) is 0 Å². The average molecular weight is 239 g/mol. The molecule has 0 saturated heterocycles. The Balaban J connectivity index is 2.24. The molecule has 0 radical (unpaired) electrons. The van der Waals surface area contributed by atoms with Crippen molar-refractivity contribution in [2.75, 3.05) is 0 Å². The van der Waals surface area contributed by atoms with Gasteiger partial charge in [0.25, 0.3) is 0 Å². The van der Waals surface area contributed by atoms with Crippen LogP contribution in [-0.2, 0) is 0 Å². The molecule has 3 rings (SSSR count). The van der Waals surface area contributed by atoms with Gasteiger partial charge in [0.05, 0.1) is 6.10 Å². The predicted molar refractivity (Wildman–Crippen MR) is 54.9 cm³/mol. The number of fused-ring (bicyclic) bond motifs is 5. The molecule has 1 aromatic carbocycles. The lowest BCUT2D eigenvalue weighted by Gasteiger charge is -2.14. The number of hydrogen-bond donors (Lipinski definition) is 1. The van der Waals surface area contributed by atoms with Crippen molar-refractivity contribution < 1.29 is 5.11 Å². The van der Waals surface area contributed by atoms with Crippen LogP contribution in [0.15, 0.2) is 22.7 Å². The number of halogens is 1. The SMILES string of the molecule is OC1C2CCC1c1c(Br)cccc12. The summed E-state index contributed by atoms with van der Waals surface area (Å²) in [6, 6.07) is 6.30. The Kier molecular flexibility index (Phi) is 1.59. The molecule has 2 aliphatic carbocycles. The number of rotatable bonds is 0. The Bertz CT molecular complexity index is 361. The molecule has 0 amide bonds. The highest BCUT2D eigenvalue weighted by atomic mass is 79.9. The molecule has 0 aromatic heterocycles. The van der Waals surface area contributed by atoms with Crippen LogP contribution in [-0.4, -0.2) is 11.2 Å². The van der Waals surface area contributed by atoms with Gasteiger partial charge in [0.1, 0.15) is 0 Å². The fraction of sp³-hybridized carbons (Fsp3) is 0.455. The van der Waals surface area contributed by atoms with E-state index in [2.05, 4.69) is 34.1 Å². The van der Waals surface area contributed by atoms with E-state index in [-0.39, 0.29) is 6.10 Å². The summed E-state index contributed by atoms with van der Waals surface area (Å²) in [5, 5.41) is 9.95. The molecule has 1 fully saturated rings. The first-order chi connectivity index (χ1) is 6.29. The molecule has 68 valence electrons. The van der Waals surface area contributed by atoms with Crippen LogP contribution in [0, 0.1) is 0 Å². The van der Waals surface area contributed by atoms with Crippen molar-refractivity contribution in [3.05, 3.63) is 33.8 Å². The summed E-state index contributed by atoms with van der Waals surface area (Å²) >= 11 is 3.57. The van der Waals surface area contributed by atoms with E-state index in [0.29, 0.717) is 11.8 Å². The molecule has 2 heteroatoms. The van der Waals surface area contributed by atoms with Crippen molar-refractivity contribution in [2.24, 2.45) is 0 Å². The Labute approximate surface area is 85.9 Å². The van der Waals surface area contributed by atoms with Crippen LogP contribution in [0.5, 0.6) is 0 Å². The minimum Gasteiger partial charge on any atom is -0.392 e. The monoisotopic (exact) mass is 238 g/mol. The minimum atomic E-state index is -0.117. The van der Waals surface area contributed by atoms with Crippen molar-refractivity contribution in [2.45, 2.75) is 30.8 Å². The standard InChI is InChI=1S/C11H11BrO/c12-9-3-1-2-6-7-4-5-8(10(6)9)11(7)13/h1-3,7-8,11,13H,4-5H2. The first-order valence-corrected chi connectivity index (χ1v) is 5.54. The fourth-order valence-corrected chi connectivity index (χ4v) is 3.58. The zero-order chi connectivity index (χ0) is 9.00. The summed E-state index contributed by atoms with van der Waals surface area (Å²) in [6.07, 6.45) is 2.20. The summed E-state index contributed by atoms with van der Waals surface area (Å²) in [4.78, 5) is 0. The zero-order valence-electron chi connectivity index (χ0n) is 7.20. The van der Waals surface area contributed by atoms with Gasteiger partial charge in [0, 0.05) is 16.3 Å². The number of aliphatic hydroxyl groups is 1. The summed E-state index contributed by atoms with van der Waals surface area (Å²) < 4.78 is 1.18. The topological polar surface area (TPSA) is 20.2 Å². The first-order valence-electron chi connectivity index (χ1n) is 4.75. The van der Waals surface area contributed by atoms with Crippen molar-refractivity contribution >= 4 is 15.9 Å². The molecular formula is C11H11BrO. The predicted octanol–water partition coefficient (Wildman–Crippen LogP) is 2.78. The van der Waals surface area contributed by atoms with Gasteiger partial charge in [0.15, 0.2) is 0 Å². The number of aliphatic hydroxyl groups excluding tert-OH is 1. The average Bonchev–Trinajstić information content (AvgIpc) is 2.61. The molecule has 1 N–H and O–H groups in total. The highest BCUT2D eigenvalue weighted by Crippen LogP contribution is 2.54. The third-order valence-electron chi connectivity index (χ3n) is 3.47. The van der Waals surface area contributed by atoms with E-state index in [4.69, 9.17) is 0 Å². The molecule has 3 unspecified atom stereocenters. The van der Waals surface area contributed by atoms with Gasteiger partial charge in [0.2, 0.25) is 0 Å². The maximum absolute atomic E-state index is 9.95. The Morgan fingerprint density at radius 2 is 2.00 bits per heavy atom. The molecule has 13 heavy (non-hydrogen) atoms. The molecular weight excluding hydrogens is 228 g/mol. The third kappa shape index (κ3) is 0.906. The Morgan fingerprint density at radius 1 is 1.23 bits per heavy atom. The molecule has 0 heterocycles.